The zero-order valence-corrected chi connectivity index (χ0v) is 7.24. The Morgan fingerprint density at radius 1 is 1.54 bits per heavy atom. The fraction of sp³-hybridized carbons (Fsp3) is 0.222. The molecule has 3 nitrogen and oxygen atoms in total. The number of pyridine rings is 1. The van der Waals surface area contributed by atoms with Crippen molar-refractivity contribution in [3.63, 3.8) is 0 Å². The third-order valence-electron chi connectivity index (χ3n) is 2.03. The SMILES string of the molecule is CN1NC=CC1c1ccc(F)cn1. The highest BCUT2D eigenvalue weighted by atomic mass is 19.1. The van der Waals surface area contributed by atoms with Crippen LogP contribution < -0.4 is 5.43 Å². The molecule has 0 aliphatic carbocycles. The number of aromatic nitrogens is 1. The average molecular weight is 179 g/mol. The molecule has 1 atom stereocenters. The second kappa shape index (κ2) is 3.14. The van der Waals surface area contributed by atoms with Gasteiger partial charge in [-0.25, -0.2) is 9.40 Å². The molecule has 2 heterocycles. The highest BCUT2D eigenvalue weighted by molar-refractivity contribution is 5.17. The van der Waals surface area contributed by atoms with Gasteiger partial charge in [-0.15, -0.1) is 0 Å². The molecule has 0 spiro atoms. The van der Waals surface area contributed by atoms with Gasteiger partial charge in [0.2, 0.25) is 0 Å². The largest absolute Gasteiger partial charge is 0.326 e. The molecule has 0 radical (unpaired) electrons. The van der Waals surface area contributed by atoms with E-state index in [9.17, 15) is 4.39 Å². The molecule has 1 aliphatic heterocycles. The Morgan fingerprint density at radius 2 is 2.38 bits per heavy atom. The molecule has 1 aromatic rings. The summed E-state index contributed by atoms with van der Waals surface area (Å²) >= 11 is 0. The highest BCUT2D eigenvalue weighted by Gasteiger charge is 2.18. The molecule has 1 aromatic heterocycles. The van der Waals surface area contributed by atoms with Crippen molar-refractivity contribution in [2.75, 3.05) is 7.05 Å². The molecule has 0 aromatic carbocycles. The van der Waals surface area contributed by atoms with Crippen LogP contribution in [-0.4, -0.2) is 17.0 Å². The van der Waals surface area contributed by atoms with Gasteiger partial charge < -0.3 is 5.43 Å². The third kappa shape index (κ3) is 1.53. The van der Waals surface area contributed by atoms with Crippen LogP contribution in [0, 0.1) is 5.82 Å². The summed E-state index contributed by atoms with van der Waals surface area (Å²) in [5.74, 6) is -0.304. The number of rotatable bonds is 1. The van der Waals surface area contributed by atoms with E-state index in [0.717, 1.165) is 5.69 Å². The van der Waals surface area contributed by atoms with Gasteiger partial charge in [0.25, 0.3) is 0 Å². The number of nitrogens with zero attached hydrogens (tertiary/aromatic N) is 2. The highest BCUT2D eigenvalue weighted by Crippen LogP contribution is 2.20. The monoisotopic (exact) mass is 179 g/mol. The summed E-state index contributed by atoms with van der Waals surface area (Å²) in [4.78, 5) is 4.00. The van der Waals surface area contributed by atoms with Gasteiger partial charge >= 0.3 is 0 Å². The van der Waals surface area contributed by atoms with E-state index in [2.05, 4.69) is 10.4 Å². The van der Waals surface area contributed by atoms with Crippen molar-refractivity contribution < 1.29 is 4.39 Å². The summed E-state index contributed by atoms with van der Waals surface area (Å²) < 4.78 is 12.6. The first-order valence-corrected chi connectivity index (χ1v) is 4.04. The van der Waals surface area contributed by atoms with E-state index in [1.807, 2.05) is 24.3 Å². The van der Waals surface area contributed by atoms with Crippen LogP contribution in [0.25, 0.3) is 0 Å². The second-order valence-corrected chi connectivity index (χ2v) is 2.95. The molecule has 0 amide bonds. The van der Waals surface area contributed by atoms with Gasteiger partial charge in [0.05, 0.1) is 17.9 Å². The Morgan fingerprint density at radius 3 is 2.92 bits per heavy atom. The fourth-order valence-electron chi connectivity index (χ4n) is 1.32. The number of halogens is 1. The van der Waals surface area contributed by atoms with Crippen LogP contribution in [0.2, 0.25) is 0 Å². The Balaban J connectivity index is 2.25. The summed E-state index contributed by atoms with van der Waals surface area (Å²) in [6, 6.07) is 3.21. The van der Waals surface area contributed by atoms with Crippen molar-refractivity contribution in [2.45, 2.75) is 6.04 Å². The van der Waals surface area contributed by atoms with Gasteiger partial charge in [0, 0.05) is 13.2 Å². The Labute approximate surface area is 75.9 Å². The lowest BCUT2D eigenvalue weighted by Gasteiger charge is -2.18. The van der Waals surface area contributed by atoms with Crippen molar-refractivity contribution in [3.05, 3.63) is 42.1 Å². The van der Waals surface area contributed by atoms with Gasteiger partial charge in [0.1, 0.15) is 5.82 Å². The van der Waals surface area contributed by atoms with Gasteiger partial charge in [-0.1, -0.05) is 0 Å². The summed E-state index contributed by atoms with van der Waals surface area (Å²) in [7, 11) is 1.91. The van der Waals surface area contributed by atoms with Crippen LogP contribution in [0.4, 0.5) is 4.39 Å². The van der Waals surface area contributed by atoms with Crippen LogP contribution in [0.1, 0.15) is 11.7 Å². The number of hydrogen-bond donors (Lipinski definition) is 1. The second-order valence-electron chi connectivity index (χ2n) is 2.95. The molecule has 0 bridgehead atoms. The average Bonchev–Trinajstić information content (AvgIpc) is 2.53. The van der Waals surface area contributed by atoms with Crippen LogP contribution in [0.3, 0.4) is 0 Å². The van der Waals surface area contributed by atoms with E-state index in [1.165, 1.54) is 12.3 Å². The molecule has 0 saturated carbocycles. The zero-order valence-electron chi connectivity index (χ0n) is 7.24. The molecule has 0 saturated heterocycles. The van der Waals surface area contributed by atoms with Crippen LogP contribution in [0.15, 0.2) is 30.6 Å². The van der Waals surface area contributed by atoms with E-state index in [0.29, 0.717) is 0 Å². The van der Waals surface area contributed by atoms with Crippen molar-refractivity contribution in [2.24, 2.45) is 0 Å². The Hall–Kier alpha value is -1.42. The van der Waals surface area contributed by atoms with E-state index >= 15 is 0 Å². The van der Waals surface area contributed by atoms with Gasteiger partial charge in [-0.05, 0) is 18.2 Å². The predicted molar refractivity (Wildman–Crippen MR) is 47.0 cm³/mol. The van der Waals surface area contributed by atoms with Crippen molar-refractivity contribution in [1.29, 1.82) is 0 Å². The summed E-state index contributed by atoms with van der Waals surface area (Å²) in [6.45, 7) is 0. The summed E-state index contributed by atoms with van der Waals surface area (Å²) in [5, 5.41) is 1.90. The van der Waals surface area contributed by atoms with E-state index in [4.69, 9.17) is 0 Å². The molecule has 2 rings (SSSR count). The van der Waals surface area contributed by atoms with E-state index in [1.54, 1.807) is 6.07 Å². The molecule has 68 valence electrons. The third-order valence-corrected chi connectivity index (χ3v) is 2.03. The molecule has 1 N–H and O–H groups in total. The lowest BCUT2D eigenvalue weighted by Crippen LogP contribution is -2.28. The lowest BCUT2D eigenvalue weighted by atomic mass is 10.2. The molecule has 0 fully saturated rings. The maximum Gasteiger partial charge on any atom is 0.141 e. The van der Waals surface area contributed by atoms with Gasteiger partial charge in [-0.3, -0.25) is 4.98 Å². The van der Waals surface area contributed by atoms with Crippen LogP contribution >= 0.6 is 0 Å². The number of likely N-dealkylation sites (N-methyl/N-ethyl adjacent to an activating group) is 1. The number of nitrogens with one attached hydrogen (secondary N) is 1. The van der Waals surface area contributed by atoms with Crippen molar-refractivity contribution in [1.82, 2.24) is 15.4 Å². The molecule has 13 heavy (non-hydrogen) atoms. The minimum atomic E-state index is -0.304. The van der Waals surface area contributed by atoms with Crippen LogP contribution in [-0.2, 0) is 0 Å². The minimum absolute atomic E-state index is 0.0978. The molecular weight excluding hydrogens is 169 g/mol. The fourth-order valence-corrected chi connectivity index (χ4v) is 1.32. The summed E-state index contributed by atoms with van der Waals surface area (Å²) in [5.41, 5.74) is 3.84. The molecule has 1 unspecified atom stereocenters. The van der Waals surface area contributed by atoms with Gasteiger partial charge in [0.15, 0.2) is 0 Å². The zero-order chi connectivity index (χ0) is 9.26. The molecular formula is C9H10FN3. The van der Waals surface area contributed by atoms with E-state index in [-0.39, 0.29) is 11.9 Å². The van der Waals surface area contributed by atoms with Crippen molar-refractivity contribution in [3.8, 4) is 0 Å². The normalized spacial score (nSPS) is 21.8. The molecule has 4 heteroatoms. The first-order chi connectivity index (χ1) is 6.27. The Kier molecular flexibility index (Phi) is 1.98. The first-order valence-electron chi connectivity index (χ1n) is 4.04. The van der Waals surface area contributed by atoms with Gasteiger partial charge in [-0.2, -0.15) is 0 Å². The topological polar surface area (TPSA) is 28.2 Å². The maximum absolute atomic E-state index is 12.6. The molecule has 1 aliphatic rings. The quantitative estimate of drug-likeness (QED) is 0.702. The minimum Gasteiger partial charge on any atom is -0.326 e. The standard InChI is InChI=1S/C9H10FN3/c1-13-9(4-5-12-13)8-3-2-7(10)6-11-8/h2-6,9,12H,1H3. The first kappa shape index (κ1) is 8.19. The number of hydrogen-bond acceptors (Lipinski definition) is 3. The van der Waals surface area contributed by atoms with Crippen LogP contribution in [0.5, 0.6) is 0 Å². The Bertz CT molecular complexity index is 320. The van der Waals surface area contributed by atoms with E-state index < -0.39 is 0 Å². The smallest absolute Gasteiger partial charge is 0.141 e. The number of hydrazine groups is 1. The summed E-state index contributed by atoms with van der Waals surface area (Å²) in [6.07, 6.45) is 5.05. The van der Waals surface area contributed by atoms with Crippen molar-refractivity contribution >= 4 is 0 Å². The lowest BCUT2D eigenvalue weighted by molar-refractivity contribution is 0.252. The maximum atomic E-state index is 12.6. The predicted octanol–water partition coefficient (Wildman–Crippen LogP) is 1.23.